The smallest absolute Gasteiger partial charge is 0.262 e. The lowest BCUT2D eigenvalue weighted by molar-refractivity contribution is -0.118. The molecule has 0 spiro atoms. The van der Waals surface area contributed by atoms with Crippen LogP contribution in [-0.2, 0) is 4.79 Å². The molecule has 0 radical (unpaired) electrons. The van der Waals surface area contributed by atoms with Gasteiger partial charge in [0.05, 0.1) is 5.69 Å². The highest BCUT2D eigenvalue weighted by Gasteiger charge is 2.08. The minimum atomic E-state index is -0.156. The summed E-state index contributed by atoms with van der Waals surface area (Å²) in [6.45, 7) is 4.01. The fourth-order valence-corrected chi connectivity index (χ4v) is 2.59. The van der Waals surface area contributed by atoms with E-state index >= 15 is 0 Å². The molecule has 4 heteroatoms. The number of carbonyl (C=O) groups is 1. The molecular weight excluding hydrogens is 282 g/mol. The van der Waals surface area contributed by atoms with Gasteiger partial charge in [0, 0.05) is 4.90 Å². The van der Waals surface area contributed by atoms with E-state index in [4.69, 9.17) is 4.74 Å². The van der Waals surface area contributed by atoms with Gasteiger partial charge in [0.25, 0.3) is 5.91 Å². The Balaban J connectivity index is 1.96. The van der Waals surface area contributed by atoms with Gasteiger partial charge in [-0.05, 0) is 43.9 Å². The fraction of sp³-hybridized carbons (Fsp3) is 0.235. The number of rotatable bonds is 5. The Morgan fingerprint density at radius 2 is 1.95 bits per heavy atom. The van der Waals surface area contributed by atoms with Crippen molar-refractivity contribution >= 4 is 23.4 Å². The van der Waals surface area contributed by atoms with Crippen LogP contribution in [0.3, 0.4) is 0 Å². The van der Waals surface area contributed by atoms with Gasteiger partial charge >= 0.3 is 0 Å². The monoisotopic (exact) mass is 301 g/mol. The van der Waals surface area contributed by atoms with Crippen molar-refractivity contribution in [1.29, 1.82) is 0 Å². The van der Waals surface area contributed by atoms with Gasteiger partial charge in [0.2, 0.25) is 0 Å². The number of amides is 1. The number of hydrogen-bond donors (Lipinski definition) is 1. The fourth-order valence-electron chi connectivity index (χ4n) is 2.04. The second-order valence-corrected chi connectivity index (χ2v) is 5.65. The summed E-state index contributed by atoms with van der Waals surface area (Å²) < 4.78 is 5.58. The Morgan fingerprint density at radius 3 is 2.67 bits per heavy atom. The summed E-state index contributed by atoms with van der Waals surface area (Å²) >= 11 is 1.60. The molecule has 1 N–H and O–H groups in total. The van der Waals surface area contributed by atoms with E-state index in [0.29, 0.717) is 0 Å². The van der Waals surface area contributed by atoms with Crippen molar-refractivity contribution in [3.8, 4) is 5.75 Å². The first-order valence-corrected chi connectivity index (χ1v) is 7.95. The van der Waals surface area contributed by atoms with E-state index in [1.807, 2.05) is 62.6 Å². The van der Waals surface area contributed by atoms with Crippen molar-refractivity contribution in [2.45, 2.75) is 18.7 Å². The largest absolute Gasteiger partial charge is 0.483 e. The van der Waals surface area contributed by atoms with Gasteiger partial charge in [-0.1, -0.05) is 29.8 Å². The molecular formula is C17H19NO2S. The van der Waals surface area contributed by atoms with Crippen molar-refractivity contribution in [2.75, 3.05) is 18.2 Å². The number of hydrogen-bond acceptors (Lipinski definition) is 3. The standard InChI is InChI=1S/C17H19NO2S/c1-12-8-9-15(13(2)10-12)20-11-17(19)18-14-6-4-5-7-16(14)21-3/h4-10H,11H2,1-3H3,(H,18,19). The zero-order chi connectivity index (χ0) is 15.2. The number of aryl methyl sites for hydroxylation is 2. The van der Waals surface area contributed by atoms with Crippen LogP contribution in [0.15, 0.2) is 47.4 Å². The van der Waals surface area contributed by atoms with Crippen LogP contribution in [0.25, 0.3) is 0 Å². The first kappa shape index (κ1) is 15.4. The first-order valence-electron chi connectivity index (χ1n) is 6.73. The molecule has 0 unspecified atom stereocenters. The number of benzene rings is 2. The summed E-state index contributed by atoms with van der Waals surface area (Å²) in [7, 11) is 0. The van der Waals surface area contributed by atoms with Crippen LogP contribution in [0.5, 0.6) is 5.75 Å². The number of nitrogens with one attached hydrogen (secondary N) is 1. The highest BCUT2D eigenvalue weighted by Crippen LogP contribution is 2.24. The summed E-state index contributed by atoms with van der Waals surface area (Å²) in [5.74, 6) is 0.588. The van der Waals surface area contributed by atoms with Gasteiger partial charge in [0.15, 0.2) is 6.61 Å². The highest BCUT2D eigenvalue weighted by atomic mass is 32.2. The molecule has 0 aliphatic heterocycles. The number of carbonyl (C=O) groups excluding carboxylic acids is 1. The van der Waals surface area contributed by atoms with Gasteiger partial charge in [-0.2, -0.15) is 0 Å². The Morgan fingerprint density at radius 1 is 1.19 bits per heavy atom. The number of para-hydroxylation sites is 1. The molecule has 0 heterocycles. The third-order valence-corrected chi connectivity index (χ3v) is 3.87. The lowest BCUT2D eigenvalue weighted by Gasteiger charge is -2.11. The van der Waals surface area contributed by atoms with E-state index in [2.05, 4.69) is 5.32 Å². The molecule has 2 aromatic rings. The Kier molecular flexibility index (Phi) is 5.28. The number of ether oxygens (including phenoxy) is 1. The van der Waals surface area contributed by atoms with Crippen molar-refractivity contribution in [3.05, 3.63) is 53.6 Å². The van der Waals surface area contributed by atoms with Crippen LogP contribution in [0.1, 0.15) is 11.1 Å². The summed E-state index contributed by atoms with van der Waals surface area (Å²) in [5.41, 5.74) is 3.03. The zero-order valence-electron chi connectivity index (χ0n) is 12.5. The molecule has 0 aliphatic rings. The van der Waals surface area contributed by atoms with Gasteiger partial charge in [-0.25, -0.2) is 0 Å². The van der Waals surface area contributed by atoms with Gasteiger partial charge in [0.1, 0.15) is 5.75 Å². The molecule has 0 saturated carbocycles. The highest BCUT2D eigenvalue weighted by molar-refractivity contribution is 7.98. The van der Waals surface area contributed by atoms with E-state index in [0.717, 1.165) is 21.9 Å². The lowest BCUT2D eigenvalue weighted by Crippen LogP contribution is -2.20. The number of anilines is 1. The summed E-state index contributed by atoms with van der Waals surface area (Å²) in [5, 5.41) is 2.88. The van der Waals surface area contributed by atoms with Crippen molar-refractivity contribution in [1.82, 2.24) is 0 Å². The van der Waals surface area contributed by atoms with Crippen LogP contribution in [0.4, 0.5) is 5.69 Å². The van der Waals surface area contributed by atoms with Gasteiger partial charge < -0.3 is 10.1 Å². The van der Waals surface area contributed by atoms with Crippen molar-refractivity contribution in [2.24, 2.45) is 0 Å². The zero-order valence-corrected chi connectivity index (χ0v) is 13.3. The SMILES string of the molecule is CSc1ccccc1NC(=O)COc1ccc(C)cc1C. The topological polar surface area (TPSA) is 38.3 Å². The lowest BCUT2D eigenvalue weighted by atomic mass is 10.1. The molecule has 0 atom stereocenters. The van der Waals surface area contributed by atoms with Crippen molar-refractivity contribution in [3.63, 3.8) is 0 Å². The van der Waals surface area contributed by atoms with Crippen molar-refractivity contribution < 1.29 is 9.53 Å². The summed E-state index contributed by atoms with van der Waals surface area (Å²) in [4.78, 5) is 13.0. The van der Waals surface area contributed by atoms with E-state index in [-0.39, 0.29) is 12.5 Å². The Labute approximate surface area is 129 Å². The second kappa shape index (κ2) is 7.18. The normalized spacial score (nSPS) is 10.2. The summed E-state index contributed by atoms with van der Waals surface area (Å²) in [6.07, 6.45) is 1.98. The van der Waals surface area contributed by atoms with E-state index < -0.39 is 0 Å². The average Bonchev–Trinajstić information content (AvgIpc) is 2.47. The van der Waals surface area contributed by atoms with Crippen LogP contribution in [0.2, 0.25) is 0 Å². The maximum Gasteiger partial charge on any atom is 0.262 e. The maximum absolute atomic E-state index is 12.0. The summed E-state index contributed by atoms with van der Waals surface area (Å²) in [6, 6.07) is 13.6. The van der Waals surface area contributed by atoms with Crippen LogP contribution in [-0.4, -0.2) is 18.8 Å². The molecule has 3 nitrogen and oxygen atoms in total. The van der Waals surface area contributed by atoms with Gasteiger partial charge in [-0.15, -0.1) is 11.8 Å². The molecule has 0 aromatic heterocycles. The second-order valence-electron chi connectivity index (χ2n) is 4.81. The van der Waals surface area contributed by atoms with Gasteiger partial charge in [-0.3, -0.25) is 4.79 Å². The van der Waals surface area contributed by atoms with E-state index in [1.165, 1.54) is 5.56 Å². The Hall–Kier alpha value is -1.94. The molecule has 0 fully saturated rings. The third kappa shape index (κ3) is 4.26. The molecule has 0 aliphatic carbocycles. The predicted molar refractivity (Wildman–Crippen MR) is 88.3 cm³/mol. The van der Waals surface area contributed by atoms with E-state index in [1.54, 1.807) is 11.8 Å². The predicted octanol–water partition coefficient (Wildman–Crippen LogP) is 4.04. The molecule has 0 saturated heterocycles. The first-order chi connectivity index (χ1) is 10.1. The number of thioether (sulfide) groups is 1. The van der Waals surface area contributed by atoms with Crippen LogP contribution < -0.4 is 10.1 Å². The third-order valence-electron chi connectivity index (χ3n) is 3.07. The Bertz CT molecular complexity index is 640. The molecule has 2 rings (SSSR count). The molecule has 0 bridgehead atoms. The molecule has 1 amide bonds. The molecule has 110 valence electrons. The van der Waals surface area contributed by atoms with Crippen LogP contribution >= 0.6 is 11.8 Å². The molecule has 2 aromatic carbocycles. The average molecular weight is 301 g/mol. The minimum absolute atomic E-state index is 0.00656. The van der Waals surface area contributed by atoms with E-state index in [9.17, 15) is 4.79 Å². The quantitative estimate of drug-likeness (QED) is 0.847. The molecule has 21 heavy (non-hydrogen) atoms. The maximum atomic E-state index is 12.0. The minimum Gasteiger partial charge on any atom is -0.483 e. The van der Waals surface area contributed by atoms with Crippen LogP contribution in [0, 0.1) is 13.8 Å².